The van der Waals surface area contributed by atoms with E-state index in [-0.39, 0.29) is 0 Å². The van der Waals surface area contributed by atoms with E-state index in [1.54, 1.807) is 6.20 Å². The number of aromatic nitrogens is 3. The summed E-state index contributed by atoms with van der Waals surface area (Å²) in [5.74, 6) is 0. The molecule has 0 saturated carbocycles. The van der Waals surface area contributed by atoms with Crippen molar-refractivity contribution in [1.29, 1.82) is 0 Å². The van der Waals surface area contributed by atoms with E-state index in [1.807, 2.05) is 45.3 Å². The Balaban J connectivity index is 0.000000379. The highest BCUT2D eigenvalue weighted by Gasteiger charge is 2.11. The topological polar surface area (TPSA) is 89.2 Å². The summed E-state index contributed by atoms with van der Waals surface area (Å²) in [6.45, 7) is 11.9. The number of piperidine rings is 1. The van der Waals surface area contributed by atoms with Gasteiger partial charge in [-0.3, -0.25) is 9.78 Å². The number of rotatable bonds is 11. The van der Waals surface area contributed by atoms with Crippen LogP contribution in [0.2, 0.25) is 0 Å². The Bertz CT molecular complexity index is 1360. The van der Waals surface area contributed by atoms with Gasteiger partial charge in [0.1, 0.15) is 0 Å². The van der Waals surface area contributed by atoms with E-state index in [1.165, 1.54) is 45.3 Å². The smallest absolute Gasteiger partial charge is 0.166 e. The maximum Gasteiger partial charge on any atom is 0.166 e. The van der Waals surface area contributed by atoms with Crippen molar-refractivity contribution in [3.05, 3.63) is 54.5 Å². The van der Waals surface area contributed by atoms with Crippen molar-refractivity contribution >= 4 is 33.8 Å². The van der Waals surface area contributed by atoms with Gasteiger partial charge >= 0.3 is 0 Å². The molecular weight excluding hydrogens is 522 g/mol. The molecule has 5 rings (SSSR count). The Morgan fingerprint density at radius 2 is 1.88 bits per heavy atom. The maximum atomic E-state index is 11.1. The third-order valence-electron chi connectivity index (χ3n) is 7.59. The van der Waals surface area contributed by atoms with Gasteiger partial charge in [0.2, 0.25) is 0 Å². The van der Waals surface area contributed by atoms with Gasteiger partial charge in [0.25, 0.3) is 0 Å². The van der Waals surface area contributed by atoms with E-state index in [2.05, 4.69) is 69.6 Å². The largest absolute Gasteiger partial charge is 0.384 e. The Morgan fingerprint density at radius 1 is 1.10 bits per heavy atom. The molecule has 1 fully saturated rings. The molecule has 1 saturated heterocycles. The van der Waals surface area contributed by atoms with Gasteiger partial charge in [-0.05, 0) is 104 Å². The van der Waals surface area contributed by atoms with Gasteiger partial charge in [-0.25, -0.2) is 4.98 Å². The van der Waals surface area contributed by atoms with Crippen LogP contribution in [-0.2, 0) is 0 Å². The second-order valence-electron chi connectivity index (χ2n) is 11.1. The number of nitrogens with one attached hydrogen (secondary N) is 3. The molecule has 0 spiro atoms. The second kappa shape index (κ2) is 17.6. The molecule has 3 N–H and O–H groups in total. The quantitative estimate of drug-likeness (QED) is 0.140. The molecule has 1 aromatic carbocycles. The normalized spacial score (nSPS) is 14.2. The van der Waals surface area contributed by atoms with Crippen molar-refractivity contribution in [2.24, 2.45) is 0 Å². The Labute approximate surface area is 252 Å². The number of likely N-dealkylation sites (tertiary alicyclic amines) is 1. The van der Waals surface area contributed by atoms with Crippen LogP contribution in [0, 0.1) is 0 Å². The molecule has 4 aromatic rings. The van der Waals surface area contributed by atoms with Crippen LogP contribution in [0.3, 0.4) is 0 Å². The molecule has 0 amide bonds. The van der Waals surface area contributed by atoms with E-state index in [0.717, 1.165) is 64.5 Å². The SMILES string of the molecule is CC.CNC(C)CCN(C)C.O=Cc1cc2ccc(-c3cc(NCCCN4CCCCC4)c4cnccc4n3)cc2[nH]1. The molecule has 228 valence electrons. The van der Waals surface area contributed by atoms with Gasteiger partial charge in [0, 0.05) is 52.5 Å². The fraction of sp³-hybridized carbons (Fsp3) is 0.500. The highest BCUT2D eigenvalue weighted by molar-refractivity contribution is 5.95. The van der Waals surface area contributed by atoms with Gasteiger partial charge in [0.15, 0.2) is 6.29 Å². The third kappa shape index (κ3) is 9.89. The third-order valence-corrected chi connectivity index (χ3v) is 7.59. The highest BCUT2D eigenvalue weighted by Crippen LogP contribution is 2.29. The lowest BCUT2D eigenvalue weighted by atomic mass is 10.1. The summed E-state index contributed by atoms with van der Waals surface area (Å²) < 4.78 is 0. The van der Waals surface area contributed by atoms with Crippen LogP contribution in [0.15, 0.2) is 48.8 Å². The van der Waals surface area contributed by atoms with Crippen molar-refractivity contribution in [2.75, 3.05) is 59.2 Å². The minimum atomic E-state index is 0.584. The number of nitrogens with zero attached hydrogens (tertiary/aromatic N) is 4. The predicted octanol–water partition coefficient (Wildman–Crippen LogP) is 6.45. The van der Waals surface area contributed by atoms with Gasteiger partial charge < -0.3 is 25.4 Å². The molecule has 1 aliphatic heterocycles. The van der Waals surface area contributed by atoms with Gasteiger partial charge in [-0.2, -0.15) is 0 Å². The summed E-state index contributed by atoms with van der Waals surface area (Å²) >= 11 is 0. The summed E-state index contributed by atoms with van der Waals surface area (Å²) in [6.07, 6.45) is 10.9. The van der Waals surface area contributed by atoms with Crippen LogP contribution in [0.5, 0.6) is 0 Å². The minimum absolute atomic E-state index is 0.584. The number of pyridine rings is 2. The number of hydrogen-bond donors (Lipinski definition) is 3. The maximum absolute atomic E-state index is 11.1. The van der Waals surface area contributed by atoms with E-state index < -0.39 is 0 Å². The van der Waals surface area contributed by atoms with Crippen LogP contribution in [0.4, 0.5) is 5.69 Å². The zero-order chi connectivity index (χ0) is 30.3. The van der Waals surface area contributed by atoms with E-state index >= 15 is 0 Å². The number of hydrogen-bond acceptors (Lipinski definition) is 7. The molecule has 0 bridgehead atoms. The molecule has 1 aliphatic rings. The molecule has 1 unspecified atom stereocenters. The van der Waals surface area contributed by atoms with E-state index in [4.69, 9.17) is 4.98 Å². The number of carbonyl (C=O) groups is 1. The summed E-state index contributed by atoms with van der Waals surface area (Å²) in [7, 11) is 6.20. The van der Waals surface area contributed by atoms with Crippen molar-refractivity contribution in [3.63, 3.8) is 0 Å². The summed E-state index contributed by atoms with van der Waals surface area (Å²) in [5, 5.41) is 8.88. The Morgan fingerprint density at radius 3 is 2.60 bits per heavy atom. The molecule has 4 heterocycles. The van der Waals surface area contributed by atoms with Crippen molar-refractivity contribution in [1.82, 2.24) is 30.1 Å². The number of fused-ring (bicyclic) bond motifs is 2. The second-order valence-corrected chi connectivity index (χ2v) is 11.1. The number of aldehydes is 1. The zero-order valence-corrected chi connectivity index (χ0v) is 26.5. The predicted molar refractivity (Wildman–Crippen MR) is 179 cm³/mol. The lowest BCUT2D eigenvalue weighted by Gasteiger charge is -2.26. The van der Waals surface area contributed by atoms with Crippen LogP contribution in [0.1, 0.15) is 63.4 Å². The average Bonchev–Trinajstić information content (AvgIpc) is 3.46. The van der Waals surface area contributed by atoms with Gasteiger partial charge in [-0.1, -0.05) is 32.4 Å². The monoisotopic (exact) mass is 573 g/mol. The molecule has 0 radical (unpaired) electrons. The molecule has 1 atom stereocenters. The first-order chi connectivity index (χ1) is 20.5. The highest BCUT2D eigenvalue weighted by atomic mass is 16.1. The van der Waals surface area contributed by atoms with Crippen molar-refractivity contribution in [2.45, 2.75) is 58.9 Å². The minimum Gasteiger partial charge on any atom is -0.384 e. The first-order valence-corrected chi connectivity index (χ1v) is 15.6. The van der Waals surface area contributed by atoms with Gasteiger partial charge in [0.05, 0.1) is 16.9 Å². The van der Waals surface area contributed by atoms with Crippen LogP contribution in [-0.4, -0.2) is 90.9 Å². The first kappa shape index (κ1) is 33.2. The first-order valence-electron chi connectivity index (χ1n) is 15.6. The zero-order valence-electron chi connectivity index (χ0n) is 26.5. The fourth-order valence-electron chi connectivity index (χ4n) is 5.04. The molecule has 0 aliphatic carbocycles. The van der Waals surface area contributed by atoms with Crippen molar-refractivity contribution in [3.8, 4) is 11.3 Å². The molecular formula is C34H51N7O. The summed E-state index contributed by atoms with van der Waals surface area (Å²) in [4.78, 5) is 28.2. The molecule has 42 heavy (non-hydrogen) atoms. The number of anilines is 1. The Kier molecular flexibility index (Phi) is 13.9. The van der Waals surface area contributed by atoms with Crippen LogP contribution >= 0.6 is 0 Å². The summed E-state index contributed by atoms with van der Waals surface area (Å²) in [6, 6.07) is 12.7. The standard InChI is InChI=1S/C25H27N5O.C7H18N2.C2H6/c31-17-20-13-18-5-6-19(14-23(18)28-20)24-15-25(21-16-26-9-7-22(21)29-24)27-8-4-12-30-10-2-1-3-11-30;1-7(8-2)5-6-9(3)4;1-2/h5-7,9,13-17,28H,1-4,8,10-12H2,(H,27,29);7-8H,5-6H2,1-4H3;1-2H3. The van der Waals surface area contributed by atoms with Crippen molar-refractivity contribution < 1.29 is 4.79 Å². The Hall–Kier alpha value is -3.33. The molecule has 3 aromatic heterocycles. The van der Waals surface area contributed by atoms with Crippen LogP contribution in [0.25, 0.3) is 33.1 Å². The van der Waals surface area contributed by atoms with E-state index in [0.29, 0.717) is 11.7 Å². The van der Waals surface area contributed by atoms with Gasteiger partial charge in [-0.15, -0.1) is 0 Å². The molecule has 8 heteroatoms. The molecule has 8 nitrogen and oxygen atoms in total. The lowest BCUT2D eigenvalue weighted by Crippen LogP contribution is -2.31. The fourth-order valence-corrected chi connectivity index (χ4v) is 5.04. The summed E-state index contributed by atoms with van der Waals surface area (Å²) in [5.41, 5.74) is 5.43. The van der Waals surface area contributed by atoms with E-state index in [9.17, 15) is 4.79 Å². The number of aromatic amines is 1. The average molecular weight is 574 g/mol. The number of benzene rings is 1. The number of H-pyrrole nitrogens is 1. The van der Waals surface area contributed by atoms with Crippen LogP contribution < -0.4 is 10.6 Å². The lowest BCUT2D eigenvalue weighted by molar-refractivity contribution is 0.111. The number of carbonyl (C=O) groups excluding carboxylic acids is 1.